The molecular formula is CH3FLiO3S+. The van der Waals surface area contributed by atoms with Gasteiger partial charge in [-0.1, -0.05) is 3.89 Å². The normalized spacial score (nSPS) is 10.0. The predicted octanol–water partition coefficient (Wildman–Crippen LogP) is -3.15. The molecule has 0 saturated carbocycles. The van der Waals surface area contributed by atoms with Crippen LogP contribution in [0.1, 0.15) is 0 Å². The molecule has 3 nitrogen and oxygen atoms in total. The standard InChI is InChI=1S/CH3FO3S.Li/c1-5-6(2,3)4;/h1H3;/q;+1. The van der Waals surface area contributed by atoms with Crippen molar-refractivity contribution >= 4 is 10.5 Å². The molecule has 0 bridgehead atoms. The van der Waals surface area contributed by atoms with Crippen molar-refractivity contribution in [3.8, 4) is 0 Å². The van der Waals surface area contributed by atoms with Gasteiger partial charge in [0, 0.05) is 0 Å². The Balaban J connectivity index is 0. The first-order chi connectivity index (χ1) is 2.56. The van der Waals surface area contributed by atoms with Gasteiger partial charge in [0.1, 0.15) is 0 Å². The smallest absolute Gasteiger partial charge is 0.248 e. The van der Waals surface area contributed by atoms with E-state index in [4.69, 9.17) is 8.42 Å². The second kappa shape index (κ2) is 3.44. The minimum atomic E-state index is -4.66. The molecular weight excluding hydrogens is 118 g/mol. The molecule has 0 aromatic carbocycles. The average molecular weight is 121 g/mol. The second-order valence-corrected chi connectivity index (χ2v) is 1.68. The van der Waals surface area contributed by atoms with Gasteiger partial charge in [0.15, 0.2) is 0 Å². The second-order valence-electron chi connectivity index (χ2n) is 0.560. The fourth-order valence-corrected chi connectivity index (χ4v) is 0. The summed E-state index contributed by atoms with van der Waals surface area (Å²) in [6.07, 6.45) is 0. The molecule has 6 heteroatoms. The zero-order valence-corrected chi connectivity index (χ0v) is 4.83. The van der Waals surface area contributed by atoms with Gasteiger partial charge >= 0.3 is 29.4 Å². The summed E-state index contributed by atoms with van der Waals surface area (Å²) in [4.78, 5) is 0. The molecule has 7 heavy (non-hydrogen) atoms. The van der Waals surface area contributed by atoms with Crippen LogP contribution in [0.4, 0.5) is 3.89 Å². The molecule has 0 atom stereocenters. The summed E-state index contributed by atoms with van der Waals surface area (Å²) in [6.45, 7) is 0. The maximum Gasteiger partial charge on any atom is 1.00 e. The van der Waals surface area contributed by atoms with Crippen LogP contribution in [-0.4, -0.2) is 15.5 Å². The Hall–Kier alpha value is 0.437. The molecule has 0 heterocycles. The van der Waals surface area contributed by atoms with E-state index in [1.807, 2.05) is 0 Å². The maximum absolute atomic E-state index is 10.9. The molecule has 0 aliphatic heterocycles. The van der Waals surface area contributed by atoms with Crippen LogP contribution in [-0.2, 0) is 14.7 Å². The Morgan fingerprint density at radius 3 is 1.71 bits per heavy atom. The Morgan fingerprint density at radius 2 is 1.71 bits per heavy atom. The van der Waals surface area contributed by atoms with Crippen molar-refractivity contribution < 1.29 is 35.3 Å². The summed E-state index contributed by atoms with van der Waals surface area (Å²) in [5.74, 6) is 0. The van der Waals surface area contributed by atoms with Gasteiger partial charge < -0.3 is 0 Å². The van der Waals surface area contributed by atoms with Crippen molar-refractivity contribution in [3.63, 3.8) is 0 Å². The van der Waals surface area contributed by atoms with Crippen LogP contribution >= 0.6 is 0 Å². The van der Waals surface area contributed by atoms with Crippen LogP contribution in [0.25, 0.3) is 0 Å². The van der Waals surface area contributed by atoms with E-state index in [-0.39, 0.29) is 18.9 Å². The molecule has 0 saturated heterocycles. The number of hydrogen-bond acceptors (Lipinski definition) is 3. The summed E-state index contributed by atoms with van der Waals surface area (Å²) in [5, 5.41) is 0. The Morgan fingerprint density at radius 1 is 1.57 bits per heavy atom. The van der Waals surface area contributed by atoms with E-state index in [1.54, 1.807) is 0 Å². The monoisotopic (exact) mass is 121 g/mol. The average Bonchev–Trinajstić information content (AvgIpc) is 1.35. The summed E-state index contributed by atoms with van der Waals surface area (Å²) >= 11 is 0. The fraction of sp³-hybridized carbons (Fsp3) is 1.00. The Labute approximate surface area is 53.4 Å². The van der Waals surface area contributed by atoms with Crippen LogP contribution in [0.15, 0.2) is 0 Å². The zero-order chi connectivity index (χ0) is 5.21. The molecule has 0 aliphatic carbocycles. The van der Waals surface area contributed by atoms with Gasteiger partial charge in [-0.25, -0.2) is 4.18 Å². The summed E-state index contributed by atoms with van der Waals surface area (Å²) < 4.78 is 32.3. The largest absolute Gasteiger partial charge is 1.00 e. The van der Waals surface area contributed by atoms with E-state index >= 15 is 0 Å². The molecule has 0 unspecified atom stereocenters. The van der Waals surface area contributed by atoms with Crippen LogP contribution in [0.2, 0.25) is 0 Å². The molecule has 0 spiro atoms. The van der Waals surface area contributed by atoms with Crippen molar-refractivity contribution in [2.24, 2.45) is 0 Å². The van der Waals surface area contributed by atoms with Gasteiger partial charge in [0.05, 0.1) is 7.11 Å². The van der Waals surface area contributed by atoms with Gasteiger partial charge in [0.2, 0.25) is 0 Å². The van der Waals surface area contributed by atoms with Crippen molar-refractivity contribution in [1.82, 2.24) is 0 Å². The van der Waals surface area contributed by atoms with Crippen molar-refractivity contribution in [2.75, 3.05) is 7.11 Å². The Kier molecular flexibility index (Phi) is 5.12. The third-order valence-electron chi connectivity index (χ3n) is 0.199. The first-order valence-electron chi connectivity index (χ1n) is 1.06. The van der Waals surface area contributed by atoms with E-state index in [2.05, 4.69) is 4.18 Å². The zero-order valence-electron chi connectivity index (χ0n) is 4.01. The predicted molar refractivity (Wildman–Crippen MR) is 17.0 cm³/mol. The van der Waals surface area contributed by atoms with Crippen LogP contribution < -0.4 is 18.9 Å². The summed E-state index contributed by atoms with van der Waals surface area (Å²) in [5.41, 5.74) is 0. The van der Waals surface area contributed by atoms with E-state index < -0.39 is 10.5 Å². The van der Waals surface area contributed by atoms with E-state index in [0.29, 0.717) is 0 Å². The molecule has 38 valence electrons. The van der Waals surface area contributed by atoms with Gasteiger partial charge in [0.25, 0.3) is 0 Å². The van der Waals surface area contributed by atoms with Crippen LogP contribution in [0.3, 0.4) is 0 Å². The van der Waals surface area contributed by atoms with Crippen LogP contribution in [0.5, 0.6) is 0 Å². The van der Waals surface area contributed by atoms with Crippen molar-refractivity contribution in [2.45, 2.75) is 0 Å². The molecule has 0 N–H and O–H groups in total. The number of rotatable bonds is 1. The van der Waals surface area contributed by atoms with E-state index in [9.17, 15) is 3.89 Å². The third-order valence-corrected chi connectivity index (χ3v) is 0.597. The SMILES string of the molecule is COS(=O)(=O)F.[Li+]. The third kappa shape index (κ3) is 10.7. The van der Waals surface area contributed by atoms with Gasteiger partial charge in [-0.3, -0.25) is 0 Å². The number of hydrogen-bond donors (Lipinski definition) is 0. The quantitative estimate of drug-likeness (QED) is 0.272. The summed E-state index contributed by atoms with van der Waals surface area (Å²) in [6, 6.07) is 0. The van der Waals surface area contributed by atoms with Gasteiger partial charge in [-0.2, -0.15) is 8.42 Å². The topological polar surface area (TPSA) is 43.4 Å². The minimum Gasteiger partial charge on any atom is -0.248 e. The van der Waals surface area contributed by atoms with E-state index in [1.165, 1.54) is 0 Å². The van der Waals surface area contributed by atoms with Crippen molar-refractivity contribution in [3.05, 3.63) is 0 Å². The molecule has 0 radical (unpaired) electrons. The number of halogens is 1. The summed E-state index contributed by atoms with van der Waals surface area (Å²) in [7, 11) is -3.92. The molecule has 0 aromatic heterocycles. The van der Waals surface area contributed by atoms with Gasteiger partial charge in [-0.05, 0) is 0 Å². The molecule has 0 rings (SSSR count). The minimum absolute atomic E-state index is 0. The Bertz CT molecular complexity index is 117. The van der Waals surface area contributed by atoms with Crippen molar-refractivity contribution in [1.29, 1.82) is 0 Å². The fourth-order valence-electron chi connectivity index (χ4n) is 0. The molecule has 0 amide bonds. The first-order valence-corrected chi connectivity index (χ1v) is 2.37. The first kappa shape index (κ1) is 10.4. The molecule has 0 aromatic rings. The van der Waals surface area contributed by atoms with Gasteiger partial charge in [-0.15, -0.1) is 0 Å². The maximum atomic E-state index is 10.9. The van der Waals surface area contributed by atoms with Crippen LogP contribution in [0, 0.1) is 0 Å². The molecule has 0 fully saturated rings. The molecule has 0 aliphatic rings. The van der Waals surface area contributed by atoms with E-state index in [0.717, 1.165) is 7.11 Å².